The summed E-state index contributed by atoms with van der Waals surface area (Å²) >= 11 is 6.33. The lowest BCUT2D eigenvalue weighted by Gasteiger charge is -2.32. The van der Waals surface area contributed by atoms with E-state index in [1.165, 1.54) is 11.6 Å². The van der Waals surface area contributed by atoms with Crippen molar-refractivity contribution in [1.29, 1.82) is 0 Å². The molecule has 3 rings (SSSR count). The second kappa shape index (κ2) is 6.02. The van der Waals surface area contributed by atoms with Crippen molar-refractivity contribution in [2.24, 2.45) is 0 Å². The molecule has 1 nitrogen and oxygen atoms in total. The molecule has 1 atom stereocenters. The molecule has 1 aliphatic rings. The van der Waals surface area contributed by atoms with E-state index >= 15 is 0 Å². The maximum atomic E-state index is 13.8. The van der Waals surface area contributed by atoms with Gasteiger partial charge in [-0.2, -0.15) is 0 Å². The van der Waals surface area contributed by atoms with E-state index in [0.29, 0.717) is 6.54 Å². The van der Waals surface area contributed by atoms with Crippen LogP contribution in [0.4, 0.5) is 14.5 Å². The standard InChI is InChI=1S/C17H16ClF2N/c18-15(14-10-13(19)7-8-16(14)20)11-21-9-3-5-12-4-1-2-6-17(12)21/h1-2,4,6-8,10,15H,3,5,9,11H2. The molecular formula is C17H16ClF2N. The van der Waals surface area contributed by atoms with E-state index < -0.39 is 17.0 Å². The molecule has 110 valence electrons. The molecule has 0 N–H and O–H groups in total. The summed E-state index contributed by atoms with van der Waals surface area (Å²) in [5, 5.41) is -0.577. The highest BCUT2D eigenvalue weighted by atomic mass is 35.5. The zero-order chi connectivity index (χ0) is 14.8. The second-order valence-electron chi connectivity index (χ2n) is 5.31. The molecule has 1 aliphatic heterocycles. The number of aryl methyl sites for hydroxylation is 1. The number of hydrogen-bond donors (Lipinski definition) is 0. The van der Waals surface area contributed by atoms with Crippen molar-refractivity contribution in [2.45, 2.75) is 18.2 Å². The van der Waals surface area contributed by atoms with Crippen LogP contribution < -0.4 is 4.90 Å². The van der Waals surface area contributed by atoms with Gasteiger partial charge in [-0.25, -0.2) is 8.78 Å². The Morgan fingerprint density at radius 2 is 1.95 bits per heavy atom. The predicted molar refractivity (Wildman–Crippen MR) is 81.9 cm³/mol. The number of benzene rings is 2. The van der Waals surface area contributed by atoms with Gasteiger partial charge < -0.3 is 4.90 Å². The zero-order valence-corrected chi connectivity index (χ0v) is 12.3. The average Bonchev–Trinajstić information content (AvgIpc) is 2.50. The summed E-state index contributed by atoms with van der Waals surface area (Å²) in [5.74, 6) is -0.919. The highest BCUT2D eigenvalue weighted by molar-refractivity contribution is 6.21. The van der Waals surface area contributed by atoms with Crippen LogP contribution in [-0.4, -0.2) is 13.1 Å². The van der Waals surface area contributed by atoms with Crippen LogP contribution in [0.3, 0.4) is 0 Å². The van der Waals surface area contributed by atoms with E-state index in [4.69, 9.17) is 11.6 Å². The van der Waals surface area contributed by atoms with Crippen LogP contribution >= 0.6 is 11.6 Å². The van der Waals surface area contributed by atoms with E-state index in [-0.39, 0.29) is 5.56 Å². The van der Waals surface area contributed by atoms with Gasteiger partial charge in [0.25, 0.3) is 0 Å². The van der Waals surface area contributed by atoms with Crippen molar-refractivity contribution < 1.29 is 8.78 Å². The van der Waals surface area contributed by atoms with Gasteiger partial charge in [0.1, 0.15) is 11.6 Å². The van der Waals surface area contributed by atoms with Gasteiger partial charge in [-0.15, -0.1) is 11.6 Å². The van der Waals surface area contributed by atoms with Crippen molar-refractivity contribution in [3.8, 4) is 0 Å². The van der Waals surface area contributed by atoms with Crippen molar-refractivity contribution in [3.63, 3.8) is 0 Å². The predicted octanol–water partition coefficient (Wildman–Crippen LogP) is 4.70. The molecule has 21 heavy (non-hydrogen) atoms. The Morgan fingerprint density at radius 3 is 2.81 bits per heavy atom. The Kier molecular flexibility index (Phi) is 4.11. The van der Waals surface area contributed by atoms with Crippen molar-refractivity contribution in [2.75, 3.05) is 18.0 Å². The lowest BCUT2D eigenvalue weighted by molar-refractivity contribution is 0.578. The van der Waals surface area contributed by atoms with Gasteiger partial charge in [0.2, 0.25) is 0 Å². The van der Waals surface area contributed by atoms with Crippen LogP contribution in [0.1, 0.15) is 22.9 Å². The van der Waals surface area contributed by atoms with Gasteiger partial charge in [-0.1, -0.05) is 18.2 Å². The minimum Gasteiger partial charge on any atom is -0.369 e. The first kappa shape index (κ1) is 14.3. The normalized spacial score (nSPS) is 15.7. The minimum atomic E-state index is -0.577. The highest BCUT2D eigenvalue weighted by Crippen LogP contribution is 2.31. The summed E-state index contributed by atoms with van der Waals surface area (Å²) in [4.78, 5) is 2.15. The molecule has 0 radical (unpaired) electrons. The summed E-state index contributed by atoms with van der Waals surface area (Å²) in [7, 11) is 0. The molecule has 0 saturated heterocycles. The average molecular weight is 308 g/mol. The first-order chi connectivity index (χ1) is 10.1. The number of rotatable bonds is 3. The molecule has 0 spiro atoms. The Balaban J connectivity index is 1.82. The fourth-order valence-electron chi connectivity index (χ4n) is 2.85. The topological polar surface area (TPSA) is 3.24 Å². The number of nitrogens with zero attached hydrogens (tertiary/aromatic N) is 1. The molecule has 1 unspecified atom stereocenters. The third-order valence-electron chi connectivity index (χ3n) is 3.88. The molecule has 0 aromatic heterocycles. The van der Waals surface area contributed by atoms with Gasteiger partial charge in [0.15, 0.2) is 0 Å². The molecule has 0 saturated carbocycles. The Bertz CT molecular complexity index is 644. The maximum Gasteiger partial charge on any atom is 0.128 e. The van der Waals surface area contributed by atoms with E-state index in [2.05, 4.69) is 17.0 Å². The molecule has 2 aromatic rings. The van der Waals surface area contributed by atoms with Crippen LogP contribution in [0.15, 0.2) is 42.5 Å². The van der Waals surface area contributed by atoms with Gasteiger partial charge >= 0.3 is 0 Å². The number of hydrogen-bond acceptors (Lipinski definition) is 1. The van der Waals surface area contributed by atoms with Gasteiger partial charge in [-0.05, 0) is 42.7 Å². The maximum absolute atomic E-state index is 13.8. The molecular weight excluding hydrogens is 292 g/mol. The van der Waals surface area contributed by atoms with Crippen molar-refractivity contribution in [3.05, 3.63) is 65.2 Å². The highest BCUT2D eigenvalue weighted by Gasteiger charge is 2.21. The first-order valence-electron chi connectivity index (χ1n) is 7.07. The fraction of sp³-hybridized carbons (Fsp3) is 0.294. The quantitative estimate of drug-likeness (QED) is 0.743. The Hall–Kier alpha value is -1.61. The number of anilines is 1. The van der Waals surface area contributed by atoms with Crippen LogP contribution in [0.5, 0.6) is 0 Å². The Labute approximate surface area is 128 Å². The van der Waals surface area contributed by atoms with E-state index in [1.807, 2.05) is 12.1 Å². The summed E-state index contributed by atoms with van der Waals surface area (Å²) in [6, 6.07) is 11.6. The molecule has 4 heteroatoms. The molecule has 0 bridgehead atoms. The lowest BCUT2D eigenvalue weighted by atomic mass is 10.0. The third-order valence-corrected chi connectivity index (χ3v) is 4.26. The van der Waals surface area contributed by atoms with Crippen LogP contribution in [-0.2, 0) is 6.42 Å². The number of fused-ring (bicyclic) bond motifs is 1. The van der Waals surface area contributed by atoms with Gasteiger partial charge in [-0.3, -0.25) is 0 Å². The largest absolute Gasteiger partial charge is 0.369 e. The van der Waals surface area contributed by atoms with Gasteiger partial charge in [0, 0.05) is 24.3 Å². The van der Waals surface area contributed by atoms with Crippen LogP contribution in [0.25, 0.3) is 0 Å². The SMILES string of the molecule is Fc1ccc(F)c(C(Cl)CN2CCCc3ccccc32)c1. The monoisotopic (exact) mass is 307 g/mol. The number of alkyl halides is 1. The van der Waals surface area contributed by atoms with Gasteiger partial charge in [0.05, 0.1) is 5.38 Å². The molecule has 0 amide bonds. The third kappa shape index (κ3) is 3.03. The minimum absolute atomic E-state index is 0.222. The summed E-state index contributed by atoms with van der Waals surface area (Å²) in [6.07, 6.45) is 2.10. The Morgan fingerprint density at radius 1 is 1.14 bits per heavy atom. The summed E-state index contributed by atoms with van der Waals surface area (Å²) in [5.41, 5.74) is 2.65. The molecule has 0 fully saturated rings. The lowest BCUT2D eigenvalue weighted by Crippen LogP contribution is -2.32. The summed E-state index contributed by atoms with van der Waals surface area (Å²) < 4.78 is 27.1. The van der Waals surface area contributed by atoms with E-state index in [1.54, 1.807) is 0 Å². The summed E-state index contributed by atoms with van der Waals surface area (Å²) in [6.45, 7) is 1.36. The molecule has 2 aromatic carbocycles. The van der Waals surface area contributed by atoms with Crippen molar-refractivity contribution in [1.82, 2.24) is 0 Å². The smallest absolute Gasteiger partial charge is 0.128 e. The van der Waals surface area contributed by atoms with Crippen molar-refractivity contribution >= 4 is 17.3 Å². The fourth-order valence-corrected chi connectivity index (χ4v) is 3.18. The van der Waals surface area contributed by atoms with E-state index in [0.717, 1.165) is 37.2 Å². The zero-order valence-electron chi connectivity index (χ0n) is 11.5. The van der Waals surface area contributed by atoms with Crippen LogP contribution in [0.2, 0.25) is 0 Å². The number of halogens is 3. The first-order valence-corrected chi connectivity index (χ1v) is 7.50. The number of para-hydroxylation sites is 1. The van der Waals surface area contributed by atoms with E-state index in [9.17, 15) is 8.78 Å². The molecule has 0 aliphatic carbocycles. The second-order valence-corrected chi connectivity index (χ2v) is 5.84. The molecule has 1 heterocycles. The van der Waals surface area contributed by atoms with Crippen LogP contribution in [0, 0.1) is 11.6 Å².